The molecule has 96 valence electrons. The van der Waals surface area contributed by atoms with Gasteiger partial charge in [0.25, 0.3) is 5.91 Å². The molecular weight excluding hydrogens is 256 g/mol. The van der Waals surface area contributed by atoms with Gasteiger partial charge in [-0.3, -0.25) is 14.6 Å². The van der Waals surface area contributed by atoms with Gasteiger partial charge in [0, 0.05) is 6.20 Å². The van der Waals surface area contributed by atoms with E-state index in [0.29, 0.717) is 17.0 Å². The number of nitrogens with zero attached hydrogens (tertiary/aromatic N) is 2. The molecule has 2 N–H and O–H groups in total. The molecule has 2 heterocycles. The van der Waals surface area contributed by atoms with Crippen LogP contribution in [0.4, 0.5) is 0 Å². The SMILES string of the molecule is Cc1nc2ccccn2c1C(=O)NNS(C)(=O)=O. The smallest absolute Gasteiger partial charge is 0.285 e. The third-order valence-corrected chi connectivity index (χ3v) is 2.74. The lowest BCUT2D eigenvalue weighted by Crippen LogP contribution is -2.41. The number of amides is 1. The second-order valence-electron chi connectivity index (χ2n) is 3.80. The van der Waals surface area contributed by atoms with Crippen LogP contribution >= 0.6 is 0 Å². The number of pyridine rings is 1. The molecule has 0 atom stereocenters. The monoisotopic (exact) mass is 268 g/mol. The van der Waals surface area contributed by atoms with E-state index >= 15 is 0 Å². The predicted molar refractivity (Wildman–Crippen MR) is 65.4 cm³/mol. The summed E-state index contributed by atoms with van der Waals surface area (Å²) >= 11 is 0. The average molecular weight is 268 g/mol. The van der Waals surface area contributed by atoms with Gasteiger partial charge in [-0.25, -0.2) is 13.4 Å². The number of hydrazine groups is 1. The number of hydrogen-bond donors (Lipinski definition) is 2. The van der Waals surface area contributed by atoms with Gasteiger partial charge in [-0.05, 0) is 19.1 Å². The Bertz CT molecular complexity index is 705. The quantitative estimate of drug-likeness (QED) is 0.756. The highest BCUT2D eigenvalue weighted by atomic mass is 32.2. The topological polar surface area (TPSA) is 92.6 Å². The number of carbonyl (C=O) groups is 1. The van der Waals surface area contributed by atoms with E-state index in [1.54, 1.807) is 35.7 Å². The van der Waals surface area contributed by atoms with E-state index in [9.17, 15) is 13.2 Å². The van der Waals surface area contributed by atoms with Crippen LogP contribution in [0.15, 0.2) is 24.4 Å². The summed E-state index contributed by atoms with van der Waals surface area (Å²) in [5, 5.41) is 0. The van der Waals surface area contributed by atoms with Gasteiger partial charge in [-0.15, -0.1) is 4.83 Å². The first-order valence-corrected chi connectivity index (χ1v) is 6.98. The number of carbonyl (C=O) groups excluding carboxylic acids is 1. The molecule has 2 aromatic rings. The number of nitrogens with one attached hydrogen (secondary N) is 2. The summed E-state index contributed by atoms with van der Waals surface area (Å²) in [6.45, 7) is 1.68. The van der Waals surface area contributed by atoms with Crippen molar-refractivity contribution in [1.82, 2.24) is 19.6 Å². The maximum absolute atomic E-state index is 11.9. The van der Waals surface area contributed by atoms with E-state index in [4.69, 9.17) is 0 Å². The molecule has 0 spiro atoms. The first kappa shape index (κ1) is 12.5. The minimum atomic E-state index is -3.49. The minimum Gasteiger partial charge on any atom is -0.295 e. The Morgan fingerprint density at radius 1 is 1.39 bits per heavy atom. The molecule has 0 radical (unpaired) electrons. The molecule has 0 aliphatic heterocycles. The second-order valence-corrected chi connectivity index (χ2v) is 5.55. The van der Waals surface area contributed by atoms with E-state index in [1.807, 2.05) is 4.83 Å². The van der Waals surface area contributed by atoms with Crippen LogP contribution in [0.2, 0.25) is 0 Å². The number of aryl methyl sites for hydroxylation is 1. The highest BCUT2D eigenvalue weighted by Gasteiger charge is 2.16. The normalized spacial score (nSPS) is 11.7. The Morgan fingerprint density at radius 3 is 2.78 bits per heavy atom. The zero-order valence-electron chi connectivity index (χ0n) is 9.84. The van der Waals surface area contributed by atoms with Crippen molar-refractivity contribution >= 4 is 21.6 Å². The van der Waals surface area contributed by atoms with E-state index in [1.165, 1.54) is 0 Å². The summed E-state index contributed by atoms with van der Waals surface area (Å²) in [6, 6.07) is 5.32. The standard InChI is InChI=1S/C10H12N4O3S/c1-7-9(10(15)12-13-18(2,16)17)14-6-4-3-5-8(14)11-7/h3-6,13H,1-2H3,(H,12,15). The van der Waals surface area contributed by atoms with Crippen molar-refractivity contribution in [3.05, 3.63) is 35.8 Å². The van der Waals surface area contributed by atoms with Crippen LogP contribution < -0.4 is 10.3 Å². The fraction of sp³-hybridized carbons (Fsp3) is 0.200. The van der Waals surface area contributed by atoms with Crippen molar-refractivity contribution in [2.45, 2.75) is 6.92 Å². The van der Waals surface area contributed by atoms with Crippen LogP contribution in [-0.2, 0) is 10.0 Å². The molecule has 0 saturated heterocycles. The van der Waals surface area contributed by atoms with Gasteiger partial charge >= 0.3 is 0 Å². The Morgan fingerprint density at radius 2 is 2.11 bits per heavy atom. The van der Waals surface area contributed by atoms with Gasteiger partial charge in [0.2, 0.25) is 10.0 Å². The lowest BCUT2D eigenvalue weighted by atomic mass is 10.3. The zero-order chi connectivity index (χ0) is 13.3. The molecule has 0 fully saturated rings. The van der Waals surface area contributed by atoms with E-state index in [-0.39, 0.29) is 0 Å². The van der Waals surface area contributed by atoms with Crippen LogP contribution in [0.25, 0.3) is 5.65 Å². The van der Waals surface area contributed by atoms with Crippen molar-refractivity contribution in [2.75, 3.05) is 6.26 Å². The summed E-state index contributed by atoms with van der Waals surface area (Å²) in [7, 11) is -3.49. The lowest BCUT2D eigenvalue weighted by molar-refractivity contribution is 0.0938. The van der Waals surface area contributed by atoms with Crippen LogP contribution in [0.1, 0.15) is 16.2 Å². The zero-order valence-corrected chi connectivity index (χ0v) is 10.7. The molecule has 0 bridgehead atoms. The molecule has 2 aromatic heterocycles. The maximum Gasteiger partial charge on any atom is 0.285 e. The maximum atomic E-state index is 11.9. The average Bonchev–Trinajstić information content (AvgIpc) is 2.61. The number of sulfonamides is 1. The molecule has 0 aliphatic carbocycles. The molecule has 18 heavy (non-hydrogen) atoms. The molecular formula is C10H12N4O3S. The molecule has 0 aliphatic rings. The summed E-state index contributed by atoms with van der Waals surface area (Å²) < 4.78 is 23.4. The summed E-state index contributed by atoms with van der Waals surface area (Å²) in [5.41, 5.74) is 3.56. The molecule has 0 aromatic carbocycles. The highest BCUT2D eigenvalue weighted by Crippen LogP contribution is 2.11. The highest BCUT2D eigenvalue weighted by molar-refractivity contribution is 7.88. The van der Waals surface area contributed by atoms with Crippen molar-refractivity contribution in [3.63, 3.8) is 0 Å². The fourth-order valence-electron chi connectivity index (χ4n) is 1.59. The Labute approximate surface area is 104 Å². The first-order chi connectivity index (χ1) is 8.38. The van der Waals surface area contributed by atoms with Gasteiger partial charge in [0.1, 0.15) is 11.3 Å². The van der Waals surface area contributed by atoms with E-state index < -0.39 is 15.9 Å². The first-order valence-electron chi connectivity index (χ1n) is 5.09. The Balaban J connectivity index is 2.36. The minimum absolute atomic E-state index is 0.293. The Hall–Kier alpha value is -1.93. The van der Waals surface area contributed by atoms with Crippen LogP contribution in [0.3, 0.4) is 0 Å². The molecule has 0 saturated carbocycles. The largest absolute Gasteiger partial charge is 0.295 e. The van der Waals surface area contributed by atoms with E-state index in [2.05, 4.69) is 10.4 Å². The summed E-state index contributed by atoms with van der Waals surface area (Å²) in [5.74, 6) is -0.559. The number of rotatable bonds is 3. The van der Waals surface area contributed by atoms with Gasteiger partial charge in [-0.2, -0.15) is 0 Å². The lowest BCUT2D eigenvalue weighted by Gasteiger charge is -2.05. The van der Waals surface area contributed by atoms with Crippen LogP contribution in [0.5, 0.6) is 0 Å². The Kier molecular flexibility index (Phi) is 3.05. The molecule has 0 unspecified atom stereocenters. The van der Waals surface area contributed by atoms with Gasteiger partial charge < -0.3 is 0 Å². The number of fused-ring (bicyclic) bond motifs is 1. The van der Waals surface area contributed by atoms with Gasteiger partial charge in [0.05, 0.1) is 11.9 Å². The summed E-state index contributed by atoms with van der Waals surface area (Å²) in [4.78, 5) is 18.0. The molecule has 2 rings (SSSR count). The van der Waals surface area contributed by atoms with Crippen molar-refractivity contribution in [1.29, 1.82) is 0 Å². The van der Waals surface area contributed by atoms with Crippen molar-refractivity contribution in [3.8, 4) is 0 Å². The van der Waals surface area contributed by atoms with Gasteiger partial charge in [0.15, 0.2) is 0 Å². The third kappa shape index (κ3) is 2.49. The third-order valence-electron chi connectivity index (χ3n) is 2.27. The van der Waals surface area contributed by atoms with Gasteiger partial charge in [-0.1, -0.05) is 6.07 Å². The summed E-state index contributed by atoms with van der Waals surface area (Å²) in [6.07, 6.45) is 2.64. The molecule has 7 nitrogen and oxygen atoms in total. The van der Waals surface area contributed by atoms with Crippen molar-refractivity contribution < 1.29 is 13.2 Å². The van der Waals surface area contributed by atoms with Crippen molar-refractivity contribution in [2.24, 2.45) is 0 Å². The predicted octanol–water partition coefficient (Wildman–Crippen LogP) is -0.163. The number of hydrogen-bond acceptors (Lipinski definition) is 4. The number of imidazole rings is 1. The van der Waals surface area contributed by atoms with Crippen LogP contribution in [0, 0.1) is 6.92 Å². The molecule has 8 heteroatoms. The number of aromatic nitrogens is 2. The fourth-order valence-corrected chi connectivity index (χ4v) is 1.86. The van der Waals surface area contributed by atoms with Crippen LogP contribution in [-0.4, -0.2) is 30.0 Å². The van der Waals surface area contributed by atoms with E-state index in [0.717, 1.165) is 6.26 Å². The molecule has 1 amide bonds. The second kappa shape index (κ2) is 4.39.